The molecule has 1 rings (SSSR count). The lowest BCUT2D eigenvalue weighted by molar-refractivity contribution is 0.292. The van der Waals surface area contributed by atoms with E-state index in [0.717, 1.165) is 31.5 Å². The maximum atomic E-state index is 4.56. The lowest BCUT2D eigenvalue weighted by atomic mass is 10.3. The fraction of sp³-hybridized carbons (Fsp3) is 0.545. The van der Waals surface area contributed by atoms with Gasteiger partial charge in [-0.05, 0) is 25.2 Å². The van der Waals surface area contributed by atoms with E-state index in [9.17, 15) is 0 Å². The molecule has 1 heterocycles. The van der Waals surface area contributed by atoms with E-state index in [1.807, 2.05) is 0 Å². The van der Waals surface area contributed by atoms with Gasteiger partial charge in [0.1, 0.15) is 0 Å². The van der Waals surface area contributed by atoms with Crippen LogP contribution in [-0.2, 0) is 12.7 Å². The number of pyridine rings is 1. The molecule has 1 aromatic heterocycles. The normalized spacial score (nSPS) is 10.9. The van der Waals surface area contributed by atoms with Gasteiger partial charge in [-0.2, -0.15) is 0 Å². The molecular formula is C11H19N2P. The largest absolute Gasteiger partial charge is 0.298 e. The van der Waals surface area contributed by atoms with Crippen LogP contribution in [0.15, 0.2) is 18.2 Å². The molecule has 0 spiro atoms. The average Bonchev–Trinajstić information content (AvgIpc) is 2.26. The first-order valence-corrected chi connectivity index (χ1v) is 5.99. The van der Waals surface area contributed by atoms with E-state index in [1.165, 1.54) is 5.69 Å². The van der Waals surface area contributed by atoms with Crippen LogP contribution >= 0.6 is 9.24 Å². The summed E-state index contributed by atoms with van der Waals surface area (Å²) in [4.78, 5) is 6.93. The Labute approximate surface area is 88.9 Å². The Morgan fingerprint density at radius 2 is 1.86 bits per heavy atom. The molecule has 0 amide bonds. The molecule has 0 fully saturated rings. The number of hydrogen-bond donors (Lipinski definition) is 0. The van der Waals surface area contributed by atoms with Crippen molar-refractivity contribution < 1.29 is 0 Å². The highest BCUT2D eigenvalue weighted by Gasteiger charge is 2.02. The molecule has 1 atom stereocenters. The molecule has 0 N–H and O–H groups in total. The maximum absolute atomic E-state index is 4.56. The van der Waals surface area contributed by atoms with Gasteiger partial charge < -0.3 is 0 Å². The van der Waals surface area contributed by atoms with Crippen molar-refractivity contribution in [3.05, 3.63) is 29.6 Å². The van der Waals surface area contributed by atoms with Crippen LogP contribution in [0.4, 0.5) is 0 Å². The number of rotatable bonds is 5. The molecule has 0 radical (unpaired) electrons. The zero-order valence-electron chi connectivity index (χ0n) is 9.03. The summed E-state index contributed by atoms with van der Waals surface area (Å²) >= 11 is 0. The van der Waals surface area contributed by atoms with E-state index in [0.29, 0.717) is 0 Å². The van der Waals surface area contributed by atoms with Gasteiger partial charge in [-0.1, -0.05) is 19.9 Å². The highest BCUT2D eigenvalue weighted by atomic mass is 31.0. The Bertz CT molecular complexity index is 272. The second-order valence-electron chi connectivity index (χ2n) is 3.29. The molecule has 0 aliphatic heterocycles. The third-order valence-corrected chi connectivity index (χ3v) is 2.77. The smallest absolute Gasteiger partial charge is 0.0547 e. The van der Waals surface area contributed by atoms with Crippen molar-refractivity contribution in [2.75, 3.05) is 13.1 Å². The van der Waals surface area contributed by atoms with Gasteiger partial charge in [0.25, 0.3) is 0 Å². The van der Waals surface area contributed by atoms with Crippen molar-refractivity contribution in [1.29, 1.82) is 0 Å². The first kappa shape index (κ1) is 11.6. The number of aromatic nitrogens is 1. The van der Waals surface area contributed by atoms with Crippen molar-refractivity contribution in [2.24, 2.45) is 0 Å². The summed E-state index contributed by atoms with van der Waals surface area (Å²) in [6.07, 6.45) is 0.937. The zero-order valence-corrected chi connectivity index (χ0v) is 10.2. The molecule has 0 aliphatic carbocycles. The molecule has 1 unspecified atom stereocenters. The van der Waals surface area contributed by atoms with Crippen LogP contribution in [0, 0.1) is 0 Å². The fourth-order valence-corrected chi connectivity index (χ4v) is 1.63. The average molecular weight is 210 g/mol. The topological polar surface area (TPSA) is 16.1 Å². The molecule has 0 aromatic carbocycles. The maximum Gasteiger partial charge on any atom is 0.0547 e. The van der Waals surface area contributed by atoms with E-state index in [2.05, 4.69) is 51.2 Å². The summed E-state index contributed by atoms with van der Waals surface area (Å²) in [6.45, 7) is 7.50. The lowest BCUT2D eigenvalue weighted by Gasteiger charge is -2.17. The summed E-state index contributed by atoms with van der Waals surface area (Å²) in [7, 11) is 2.71. The van der Waals surface area contributed by atoms with Crippen LogP contribution in [0.1, 0.15) is 25.2 Å². The number of hydrogen-bond acceptors (Lipinski definition) is 2. The van der Waals surface area contributed by atoms with Gasteiger partial charge in [-0.3, -0.25) is 9.88 Å². The second-order valence-corrected chi connectivity index (χ2v) is 3.69. The Kier molecular flexibility index (Phi) is 5.06. The van der Waals surface area contributed by atoms with Crippen LogP contribution in [0.5, 0.6) is 0 Å². The summed E-state index contributed by atoms with van der Waals surface area (Å²) < 4.78 is 0. The minimum absolute atomic E-state index is 0.937. The van der Waals surface area contributed by atoms with Gasteiger partial charge >= 0.3 is 0 Å². The Morgan fingerprint density at radius 3 is 2.43 bits per heavy atom. The Balaban J connectivity index is 2.65. The predicted octanol–water partition coefficient (Wildman–Crippen LogP) is 2.30. The second kappa shape index (κ2) is 6.10. The van der Waals surface area contributed by atoms with Gasteiger partial charge in [0, 0.05) is 18.4 Å². The van der Waals surface area contributed by atoms with Crippen molar-refractivity contribution >= 4 is 9.24 Å². The molecule has 14 heavy (non-hydrogen) atoms. The van der Waals surface area contributed by atoms with Crippen molar-refractivity contribution in [3.8, 4) is 0 Å². The van der Waals surface area contributed by atoms with Gasteiger partial charge in [-0.15, -0.1) is 9.24 Å². The van der Waals surface area contributed by atoms with E-state index in [4.69, 9.17) is 0 Å². The monoisotopic (exact) mass is 210 g/mol. The number of nitrogens with zero attached hydrogens (tertiary/aromatic N) is 2. The third-order valence-electron chi connectivity index (χ3n) is 2.35. The summed E-state index contributed by atoms with van der Waals surface area (Å²) in [5, 5.41) is 0. The van der Waals surface area contributed by atoms with E-state index >= 15 is 0 Å². The Hall–Kier alpha value is -0.460. The molecule has 0 aliphatic rings. The quantitative estimate of drug-likeness (QED) is 0.693. The van der Waals surface area contributed by atoms with Crippen molar-refractivity contribution in [3.63, 3.8) is 0 Å². The van der Waals surface area contributed by atoms with Crippen molar-refractivity contribution in [1.82, 2.24) is 9.88 Å². The molecule has 2 nitrogen and oxygen atoms in total. The third kappa shape index (κ3) is 3.36. The zero-order chi connectivity index (χ0) is 10.4. The van der Waals surface area contributed by atoms with E-state index in [-0.39, 0.29) is 0 Å². The molecule has 0 saturated heterocycles. The standard InChI is InChI=1S/C11H19N2P/c1-3-13(4-2)8-10-6-5-7-11(9-14)12-10/h5-7H,3-4,8-9,14H2,1-2H3. The van der Waals surface area contributed by atoms with Crippen LogP contribution < -0.4 is 0 Å². The summed E-state index contributed by atoms with van der Waals surface area (Å²) in [6, 6.07) is 6.26. The van der Waals surface area contributed by atoms with Gasteiger partial charge in [-0.25, -0.2) is 0 Å². The predicted molar refractivity (Wildman–Crippen MR) is 64.3 cm³/mol. The summed E-state index contributed by atoms with van der Waals surface area (Å²) in [5.74, 6) is 0. The van der Waals surface area contributed by atoms with Crippen molar-refractivity contribution in [2.45, 2.75) is 26.6 Å². The first-order valence-electron chi connectivity index (χ1n) is 5.17. The molecular weight excluding hydrogens is 191 g/mol. The SMILES string of the molecule is CCN(CC)Cc1cccc(CP)n1. The minimum atomic E-state index is 0.937. The van der Waals surface area contributed by atoms with Crippen LogP contribution in [-0.4, -0.2) is 23.0 Å². The molecule has 3 heteroatoms. The van der Waals surface area contributed by atoms with Gasteiger partial charge in [0.2, 0.25) is 0 Å². The fourth-order valence-electron chi connectivity index (χ4n) is 1.41. The van der Waals surface area contributed by atoms with Gasteiger partial charge in [0.15, 0.2) is 0 Å². The minimum Gasteiger partial charge on any atom is -0.298 e. The van der Waals surface area contributed by atoms with E-state index < -0.39 is 0 Å². The molecule has 1 aromatic rings. The molecule has 0 saturated carbocycles. The first-order chi connectivity index (χ1) is 6.80. The highest BCUT2D eigenvalue weighted by Crippen LogP contribution is 2.06. The highest BCUT2D eigenvalue weighted by molar-refractivity contribution is 7.15. The van der Waals surface area contributed by atoms with Crippen LogP contribution in [0.2, 0.25) is 0 Å². The lowest BCUT2D eigenvalue weighted by Crippen LogP contribution is -2.22. The van der Waals surface area contributed by atoms with Crippen LogP contribution in [0.25, 0.3) is 0 Å². The van der Waals surface area contributed by atoms with E-state index in [1.54, 1.807) is 0 Å². The molecule has 0 bridgehead atoms. The summed E-state index contributed by atoms with van der Waals surface area (Å²) in [5.41, 5.74) is 2.33. The van der Waals surface area contributed by atoms with Crippen LogP contribution in [0.3, 0.4) is 0 Å². The molecule has 78 valence electrons. The Morgan fingerprint density at radius 1 is 1.21 bits per heavy atom. The van der Waals surface area contributed by atoms with Gasteiger partial charge in [0.05, 0.1) is 5.69 Å².